The van der Waals surface area contributed by atoms with Crippen LogP contribution in [-0.4, -0.2) is 34.7 Å². The van der Waals surface area contributed by atoms with Crippen LogP contribution in [0.15, 0.2) is 91.0 Å². The third-order valence-corrected chi connectivity index (χ3v) is 6.79. The number of rotatable bonds is 12. The van der Waals surface area contributed by atoms with Crippen molar-refractivity contribution in [2.75, 3.05) is 0 Å². The maximum Gasteiger partial charge on any atom is 3.00 e. The van der Waals surface area contributed by atoms with E-state index in [1.807, 2.05) is 91.0 Å². The third-order valence-electron chi connectivity index (χ3n) is 6.79. The topological polar surface area (TPSA) is 102 Å². The van der Waals surface area contributed by atoms with Gasteiger partial charge in [-0.05, 0) is 77.5 Å². The van der Waals surface area contributed by atoms with Crippen LogP contribution in [0.1, 0.15) is 58.2 Å². The van der Waals surface area contributed by atoms with Gasteiger partial charge in [0, 0.05) is 0 Å². The van der Waals surface area contributed by atoms with Gasteiger partial charge in [-0.15, -0.1) is 0 Å². The first-order valence-corrected chi connectivity index (χ1v) is 14.0. The zero-order chi connectivity index (χ0) is 31.7. The van der Waals surface area contributed by atoms with Crippen molar-refractivity contribution in [1.29, 1.82) is 0 Å². The number of carbonyl (C=O) groups is 6. The molecule has 0 aliphatic heterocycles. The monoisotopic (exact) mass is 626 g/mol. The van der Waals surface area contributed by atoms with Crippen LogP contribution in [0, 0.1) is 17.8 Å². The Balaban J connectivity index is 0.000000608. The molecule has 0 atom stereocenters. The summed E-state index contributed by atoms with van der Waals surface area (Å²) in [5, 5.41) is 0. The summed E-state index contributed by atoms with van der Waals surface area (Å²) >= 11 is 0. The van der Waals surface area contributed by atoms with Crippen molar-refractivity contribution in [2.45, 2.75) is 60.8 Å². The van der Waals surface area contributed by atoms with Gasteiger partial charge in [0.25, 0.3) is 0 Å². The van der Waals surface area contributed by atoms with Gasteiger partial charge in [-0.2, -0.15) is 0 Å². The Labute approximate surface area is 266 Å². The van der Waals surface area contributed by atoms with Crippen LogP contribution in [-0.2, 0) is 65.1 Å². The molecule has 0 N–H and O–H groups in total. The largest absolute Gasteiger partial charge is 3.00 e. The van der Waals surface area contributed by atoms with E-state index in [4.69, 9.17) is 0 Å². The summed E-state index contributed by atoms with van der Waals surface area (Å²) in [6, 6.07) is 28.8. The summed E-state index contributed by atoms with van der Waals surface area (Å²) in [4.78, 5) is 67.0. The standard InChI is InChI=1S/3C12H14O2.Fe/c3*1-9(13)12(10(2)14)8-11-6-4-3-5-7-11;/h3*3-7,12H,8H2,1-2H3;/q;;;+3. The fourth-order valence-electron chi connectivity index (χ4n) is 4.27. The molecule has 0 spiro atoms. The van der Waals surface area contributed by atoms with Gasteiger partial charge in [-0.1, -0.05) is 91.0 Å². The minimum atomic E-state index is -0.475. The number of ketones is 6. The molecule has 3 rings (SSSR count). The molecule has 0 aromatic heterocycles. The van der Waals surface area contributed by atoms with Gasteiger partial charge in [0.15, 0.2) is 0 Å². The summed E-state index contributed by atoms with van der Waals surface area (Å²) in [6.45, 7) is 8.80. The summed E-state index contributed by atoms with van der Waals surface area (Å²) < 4.78 is 0. The van der Waals surface area contributed by atoms with E-state index in [2.05, 4.69) is 0 Å². The van der Waals surface area contributed by atoms with Crippen molar-refractivity contribution in [3.05, 3.63) is 108 Å². The molecule has 0 unspecified atom stereocenters. The average Bonchev–Trinajstić information content (AvgIpc) is 2.94. The zero-order valence-corrected chi connectivity index (χ0v) is 26.9. The number of carbonyl (C=O) groups excluding carboxylic acids is 6. The van der Waals surface area contributed by atoms with Crippen molar-refractivity contribution in [2.24, 2.45) is 17.8 Å². The Hall–Kier alpha value is -3.80. The molecule has 43 heavy (non-hydrogen) atoms. The minimum absolute atomic E-state index is 0. The van der Waals surface area contributed by atoms with Gasteiger partial charge in [0.05, 0.1) is 17.8 Å². The van der Waals surface area contributed by atoms with Gasteiger partial charge in [-0.25, -0.2) is 0 Å². The van der Waals surface area contributed by atoms with Gasteiger partial charge in [0.1, 0.15) is 34.7 Å². The molecule has 3 aromatic rings. The molecule has 6 nitrogen and oxygen atoms in total. The van der Waals surface area contributed by atoms with Crippen molar-refractivity contribution < 1.29 is 45.8 Å². The third kappa shape index (κ3) is 15.8. The number of hydrogen-bond acceptors (Lipinski definition) is 6. The van der Waals surface area contributed by atoms with Gasteiger partial charge < -0.3 is 0 Å². The molecule has 3 aromatic carbocycles. The predicted molar refractivity (Wildman–Crippen MR) is 165 cm³/mol. The van der Waals surface area contributed by atoms with Crippen molar-refractivity contribution in [3.8, 4) is 0 Å². The normalized spacial score (nSPS) is 9.98. The first-order chi connectivity index (χ1) is 19.8. The molecular formula is C36H42FeO6+3. The zero-order valence-electron chi connectivity index (χ0n) is 25.8. The van der Waals surface area contributed by atoms with Crippen LogP contribution >= 0.6 is 0 Å². The number of benzene rings is 3. The first-order valence-electron chi connectivity index (χ1n) is 14.0. The molecule has 0 amide bonds. The van der Waals surface area contributed by atoms with E-state index in [9.17, 15) is 28.8 Å². The van der Waals surface area contributed by atoms with Crippen LogP contribution in [0.4, 0.5) is 0 Å². The fourth-order valence-corrected chi connectivity index (χ4v) is 4.27. The minimum Gasteiger partial charge on any atom is -0.299 e. The van der Waals surface area contributed by atoms with Crippen molar-refractivity contribution in [1.82, 2.24) is 0 Å². The second-order valence-electron chi connectivity index (χ2n) is 10.4. The van der Waals surface area contributed by atoms with E-state index in [0.29, 0.717) is 19.3 Å². The summed E-state index contributed by atoms with van der Waals surface area (Å²) in [5.41, 5.74) is 3.09. The Morgan fingerprint density at radius 1 is 0.372 bits per heavy atom. The fraction of sp³-hybridized carbons (Fsp3) is 0.333. The van der Waals surface area contributed by atoms with Crippen molar-refractivity contribution >= 4 is 34.7 Å². The van der Waals surface area contributed by atoms with Crippen LogP contribution in [0.5, 0.6) is 0 Å². The molecule has 0 bridgehead atoms. The average molecular weight is 627 g/mol. The maximum atomic E-state index is 11.2. The molecule has 0 fully saturated rings. The molecule has 0 saturated carbocycles. The van der Waals surface area contributed by atoms with E-state index in [1.165, 1.54) is 41.5 Å². The second kappa shape index (κ2) is 21.0. The van der Waals surface area contributed by atoms with Gasteiger partial charge in [-0.3, -0.25) is 28.8 Å². The number of Topliss-reactive ketones (excluding diaryl/α,β-unsaturated/α-hetero) is 6. The van der Waals surface area contributed by atoms with E-state index in [0.717, 1.165) is 16.7 Å². The van der Waals surface area contributed by atoms with Crippen molar-refractivity contribution in [3.63, 3.8) is 0 Å². The van der Waals surface area contributed by atoms with E-state index in [-0.39, 0.29) is 51.8 Å². The molecule has 0 aliphatic carbocycles. The van der Waals surface area contributed by atoms with Gasteiger partial charge in [0.2, 0.25) is 0 Å². The quantitative estimate of drug-likeness (QED) is 0.179. The van der Waals surface area contributed by atoms with Crippen LogP contribution < -0.4 is 0 Å². The Morgan fingerprint density at radius 2 is 0.535 bits per heavy atom. The van der Waals surface area contributed by atoms with E-state index < -0.39 is 17.8 Å². The second-order valence-corrected chi connectivity index (χ2v) is 10.4. The van der Waals surface area contributed by atoms with Crippen LogP contribution in [0.3, 0.4) is 0 Å². The molecule has 1 radical (unpaired) electrons. The number of hydrogen-bond donors (Lipinski definition) is 0. The summed E-state index contributed by atoms with van der Waals surface area (Å²) in [6.07, 6.45) is 1.56. The predicted octanol–water partition coefficient (Wildman–Crippen LogP) is 6.07. The maximum absolute atomic E-state index is 11.2. The Kier molecular flexibility index (Phi) is 19.1. The summed E-state index contributed by atoms with van der Waals surface area (Å²) in [7, 11) is 0. The smallest absolute Gasteiger partial charge is 0.299 e. The van der Waals surface area contributed by atoms with Crippen LogP contribution in [0.25, 0.3) is 0 Å². The van der Waals surface area contributed by atoms with E-state index >= 15 is 0 Å². The van der Waals surface area contributed by atoms with Crippen LogP contribution in [0.2, 0.25) is 0 Å². The molecule has 0 saturated heterocycles. The molecule has 0 heterocycles. The molecule has 0 aliphatic rings. The Morgan fingerprint density at radius 3 is 0.674 bits per heavy atom. The first kappa shape index (κ1) is 39.2. The SMILES string of the molecule is CC(=O)C(Cc1ccccc1)C(C)=O.CC(=O)C(Cc1ccccc1)C(C)=O.CC(=O)C(Cc1ccccc1)C(C)=O.[Fe+3]. The molecular weight excluding hydrogens is 584 g/mol. The molecule has 227 valence electrons. The van der Waals surface area contributed by atoms with E-state index in [1.54, 1.807) is 0 Å². The summed E-state index contributed by atoms with van der Waals surface area (Å²) in [5.74, 6) is -1.75. The molecule has 7 heteroatoms. The van der Waals surface area contributed by atoms with Gasteiger partial charge >= 0.3 is 17.1 Å². The Bertz CT molecular complexity index is 1110.